The van der Waals surface area contributed by atoms with E-state index in [0.717, 1.165) is 43.5 Å². The minimum Gasteiger partial charge on any atom is -0.463 e. The molecule has 3 heterocycles. The first-order chi connectivity index (χ1) is 11.7. The van der Waals surface area contributed by atoms with E-state index in [2.05, 4.69) is 30.3 Å². The summed E-state index contributed by atoms with van der Waals surface area (Å²) < 4.78 is 7.34. The lowest BCUT2D eigenvalue weighted by Crippen LogP contribution is -2.39. The number of benzene rings is 1. The Balaban J connectivity index is 1.41. The van der Waals surface area contributed by atoms with Crippen molar-refractivity contribution >= 4 is 17.0 Å². The molecule has 2 aromatic heterocycles. The number of hydrogen-bond donors (Lipinski definition) is 0. The summed E-state index contributed by atoms with van der Waals surface area (Å²) in [7, 11) is 1.92. The van der Waals surface area contributed by atoms with Crippen molar-refractivity contribution in [2.24, 2.45) is 13.0 Å². The van der Waals surface area contributed by atoms with Gasteiger partial charge in [0.15, 0.2) is 5.58 Å². The first-order valence-electron chi connectivity index (χ1n) is 8.58. The van der Waals surface area contributed by atoms with Gasteiger partial charge in [-0.2, -0.15) is 0 Å². The Morgan fingerprint density at radius 3 is 2.62 bits per heavy atom. The van der Waals surface area contributed by atoms with Crippen LogP contribution in [0.25, 0.3) is 11.1 Å². The molecule has 0 radical (unpaired) electrons. The maximum absolute atomic E-state index is 12.8. The van der Waals surface area contributed by atoms with Crippen LogP contribution >= 0.6 is 0 Å². The number of aryl methyl sites for hydroxylation is 1. The summed E-state index contributed by atoms with van der Waals surface area (Å²) >= 11 is 0. The molecular formula is C20H22N2O2. The first kappa shape index (κ1) is 15.1. The smallest absolute Gasteiger partial charge is 0.270 e. The predicted octanol–water partition coefficient (Wildman–Crippen LogP) is 3.87. The molecule has 0 atom stereocenters. The number of carbonyl (C=O) groups is 1. The van der Waals surface area contributed by atoms with Gasteiger partial charge in [-0.3, -0.25) is 4.79 Å². The lowest BCUT2D eigenvalue weighted by atomic mass is 9.90. The van der Waals surface area contributed by atoms with Crippen molar-refractivity contribution in [3.8, 4) is 0 Å². The highest BCUT2D eigenvalue weighted by Crippen LogP contribution is 2.25. The average molecular weight is 322 g/mol. The van der Waals surface area contributed by atoms with Crippen molar-refractivity contribution in [3.05, 3.63) is 60.0 Å². The van der Waals surface area contributed by atoms with Crippen LogP contribution in [0.1, 0.15) is 28.9 Å². The van der Waals surface area contributed by atoms with Gasteiger partial charge >= 0.3 is 0 Å². The van der Waals surface area contributed by atoms with Gasteiger partial charge in [0.1, 0.15) is 5.69 Å². The molecule has 1 fully saturated rings. The highest BCUT2D eigenvalue weighted by Gasteiger charge is 2.26. The Bertz CT molecular complexity index is 839. The van der Waals surface area contributed by atoms with Crippen LogP contribution in [0, 0.1) is 5.92 Å². The number of rotatable bonds is 3. The maximum Gasteiger partial charge on any atom is 0.270 e. The van der Waals surface area contributed by atoms with Crippen LogP contribution in [-0.4, -0.2) is 28.5 Å². The lowest BCUT2D eigenvalue weighted by molar-refractivity contribution is 0.0681. The third-order valence-corrected chi connectivity index (χ3v) is 5.15. The van der Waals surface area contributed by atoms with Gasteiger partial charge in [-0.25, -0.2) is 0 Å². The number of furan rings is 1. The van der Waals surface area contributed by atoms with Gasteiger partial charge in [0, 0.05) is 32.3 Å². The van der Waals surface area contributed by atoms with Crippen LogP contribution in [0.3, 0.4) is 0 Å². The zero-order valence-corrected chi connectivity index (χ0v) is 13.9. The van der Waals surface area contributed by atoms with Crippen LogP contribution in [0.4, 0.5) is 0 Å². The summed E-state index contributed by atoms with van der Waals surface area (Å²) in [6.07, 6.45) is 4.91. The number of piperidine rings is 1. The molecule has 4 heteroatoms. The Kier molecular flexibility index (Phi) is 3.89. The SMILES string of the molecule is Cn1c(C(=O)N2CCC(Cc3ccccc3)CC2)cc2occc21. The summed E-state index contributed by atoms with van der Waals surface area (Å²) in [6.45, 7) is 1.67. The molecular weight excluding hydrogens is 300 g/mol. The molecule has 1 aliphatic heterocycles. The topological polar surface area (TPSA) is 38.4 Å². The van der Waals surface area contributed by atoms with Gasteiger partial charge in [-0.1, -0.05) is 30.3 Å². The maximum atomic E-state index is 12.8. The van der Waals surface area contributed by atoms with E-state index in [1.807, 2.05) is 28.6 Å². The molecule has 3 aromatic rings. The van der Waals surface area contributed by atoms with Crippen LogP contribution in [-0.2, 0) is 13.5 Å². The molecule has 0 aliphatic carbocycles. The number of nitrogens with zero attached hydrogens (tertiary/aromatic N) is 2. The lowest BCUT2D eigenvalue weighted by Gasteiger charge is -2.32. The minimum absolute atomic E-state index is 0.113. The molecule has 1 saturated heterocycles. The van der Waals surface area contributed by atoms with Gasteiger partial charge < -0.3 is 13.9 Å². The number of fused-ring (bicyclic) bond motifs is 1. The second-order valence-corrected chi connectivity index (χ2v) is 6.68. The molecule has 124 valence electrons. The van der Waals surface area contributed by atoms with Gasteiger partial charge in [-0.05, 0) is 30.7 Å². The normalized spacial score (nSPS) is 16.0. The zero-order valence-electron chi connectivity index (χ0n) is 13.9. The van der Waals surface area contributed by atoms with E-state index >= 15 is 0 Å². The van der Waals surface area contributed by atoms with Crippen LogP contribution in [0.2, 0.25) is 0 Å². The largest absolute Gasteiger partial charge is 0.463 e. The van der Waals surface area contributed by atoms with E-state index < -0.39 is 0 Å². The molecule has 24 heavy (non-hydrogen) atoms. The van der Waals surface area contributed by atoms with E-state index in [9.17, 15) is 4.79 Å². The number of hydrogen-bond acceptors (Lipinski definition) is 2. The molecule has 0 N–H and O–H groups in total. The Morgan fingerprint density at radius 2 is 1.92 bits per heavy atom. The van der Waals surface area contributed by atoms with Crippen LogP contribution < -0.4 is 0 Å². The average Bonchev–Trinajstić information content (AvgIpc) is 3.19. The molecule has 0 unspecified atom stereocenters. The minimum atomic E-state index is 0.113. The summed E-state index contributed by atoms with van der Waals surface area (Å²) in [6, 6.07) is 14.4. The highest BCUT2D eigenvalue weighted by molar-refractivity contribution is 5.97. The number of aromatic nitrogens is 1. The Hall–Kier alpha value is -2.49. The van der Waals surface area contributed by atoms with Crippen LogP contribution in [0.5, 0.6) is 0 Å². The van der Waals surface area contributed by atoms with Crippen molar-refractivity contribution in [2.75, 3.05) is 13.1 Å². The first-order valence-corrected chi connectivity index (χ1v) is 8.58. The third kappa shape index (κ3) is 2.73. The van der Waals surface area contributed by atoms with E-state index in [0.29, 0.717) is 11.6 Å². The standard InChI is InChI=1S/C20H22N2O2/c1-21-17-9-12-24-19(17)14-18(21)20(23)22-10-7-16(8-11-22)13-15-5-3-2-4-6-15/h2-6,9,12,14,16H,7-8,10-11,13H2,1H3. The predicted molar refractivity (Wildman–Crippen MR) is 94.0 cm³/mol. The Labute approximate surface area is 141 Å². The number of likely N-dealkylation sites (tertiary alicyclic amines) is 1. The third-order valence-electron chi connectivity index (χ3n) is 5.15. The fourth-order valence-corrected chi connectivity index (χ4v) is 3.70. The molecule has 4 nitrogen and oxygen atoms in total. The summed E-state index contributed by atoms with van der Waals surface area (Å²) in [5.41, 5.74) is 3.85. The van der Waals surface area contributed by atoms with Gasteiger partial charge in [-0.15, -0.1) is 0 Å². The van der Waals surface area contributed by atoms with Gasteiger partial charge in [0.2, 0.25) is 0 Å². The monoisotopic (exact) mass is 322 g/mol. The van der Waals surface area contributed by atoms with E-state index in [4.69, 9.17) is 4.42 Å². The van der Waals surface area contributed by atoms with Crippen molar-refractivity contribution in [1.82, 2.24) is 9.47 Å². The van der Waals surface area contributed by atoms with Crippen molar-refractivity contribution in [2.45, 2.75) is 19.3 Å². The second kappa shape index (κ2) is 6.19. The molecule has 1 amide bonds. The van der Waals surface area contributed by atoms with Crippen molar-refractivity contribution < 1.29 is 9.21 Å². The molecule has 0 spiro atoms. The van der Waals surface area contributed by atoms with Crippen molar-refractivity contribution in [3.63, 3.8) is 0 Å². The fraction of sp³-hybridized carbons (Fsp3) is 0.350. The number of amides is 1. The molecule has 0 saturated carbocycles. The quantitative estimate of drug-likeness (QED) is 0.734. The molecule has 4 rings (SSSR count). The van der Waals surface area contributed by atoms with Gasteiger partial charge in [0.05, 0.1) is 11.8 Å². The molecule has 0 bridgehead atoms. The van der Waals surface area contributed by atoms with Crippen molar-refractivity contribution in [1.29, 1.82) is 0 Å². The van der Waals surface area contributed by atoms with E-state index in [1.54, 1.807) is 6.26 Å². The van der Waals surface area contributed by atoms with E-state index in [-0.39, 0.29) is 5.91 Å². The zero-order chi connectivity index (χ0) is 16.5. The number of carbonyl (C=O) groups excluding carboxylic acids is 1. The second-order valence-electron chi connectivity index (χ2n) is 6.68. The summed E-state index contributed by atoms with van der Waals surface area (Å²) in [5, 5.41) is 0. The Morgan fingerprint density at radius 1 is 1.17 bits per heavy atom. The van der Waals surface area contributed by atoms with Gasteiger partial charge in [0.25, 0.3) is 5.91 Å². The highest BCUT2D eigenvalue weighted by atomic mass is 16.3. The van der Waals surface area contributed by atoms with Crippen LogP contribution in [0.15, 0.2) is 53.1 Å². The molecule has 1 aliphatic rings. The molecule has 1 aromatic carbocycles. The summed E-state index contributed by atoms with van der Waals surface area (Å²) in [5.74, 6) is 0.781. The fourth-order valence-electron chi connectivity index (χ4n) is 3.70. The summed E-state index contributed by atoms with van der Waals surface area (Å²) in [4.78, 5) is 14.8. The van der Waals surface area contributed by atoms with E-state index in [1.165, 1.54) is 5.56 Å².